The quantitative estimate of drug-likeness (QED) is 0.762. The molecule has 0 aliphatic carbocycles. The number of nitrogens with zero attached hydrogens (tertiary/aromatic N) is 2. The van der Waals surface area contributed by atoms with Gasteiger partial charge < -0.3 is 9.64 Å². The van der Waals surface area contributed by atoms with Crippen molar-refractivity contribution in [3.63, 3.8) is 0 Å². The second kappa shape index (κ2) is 4.38. The Balaban J connectivity index is 2.02. The number of hydrogen-bond acceptors (Lipinski definition) is 4. The lowest BCUT2D eigenvalue weighted by atomic mass is 10.1. The topological polar surface area (TPSA) is 25.4 Å². The molecule has 1 saturated heterocycles. The van der Waals surface area contributed by atoms with Crippen LogP contribution < -0.4 is 0 Å². The van der Waals surface area contributed by atoms with Crippen LogP contribution in [0, 0.1) is 0 Å². The van der Waals surface area contributed by atoms with E-state index in [-0.39, 0.29) is 0 Å². The van der Waals surface area contributed by atoms with Crippen LogP contribution in [-0.4, -0.2) is 37.1 Å². The number of likely N-dealkylation sites (tertiary alicyclic amines) is 1. The molecule has 0 aromatic carbocycles. The second-order valence-electron chi connectivity index (χ2n) is 3.85. The maximum atomic E-state index is 5.06. The molecular formula is C10H16N2OS. The van der Waals surface area contributed by atoms with Crippen LogP contribution in [0.4, 0.5) is 0 Å². The monoisotopic (exact) mass is 212 g/mol. The van der Waals surface area contributed by atoms with Crippen molar-refractivity contribution < 1.29 is 4.74 Å². The van der Waals surface area contributed by atoms with Gasteiger partial charge in [-0.15, -0.1) is 11.3 Å². The van der Waals surface area contributed by atoms with E-state index in [1.165, 1.54) is 18.7 Å². The molecule has 3 nitrogen and oxygen atoms in total. The normalized spacial score (nSPS) is 23.1. The SMILES string of the molecule is COCc1nc(C2CCN(C)C2)cs1. The van der Waals surface area contributed by atoms with Gasteiger partial charge in [0.2, 0.25) is 0 Å². The highest BCUT2D eigenvalue weighted by Crippen LogP contribution is 2.27. The van der Waals surface area contributed by atoms with E-state index in [9.17, 15) is 0 Å². The molecule has 1 aliphatic rings. The van der Waals surface area contributed by atoms with E-state index in [1.807, 2.05) is 0 Å². The summed E-state index contributed by atoms with van der Waals surface area (Å²) >= 11 is 1.71. The van der Waals surface area contributed by atoms with Gasteiger partial charge in [-0.2, -0.15) is 0 Å². The number of aromatic nitrogens is 1. The van der Waals surface area contributed by atoms with Gasteiger partial charge >= 0.3 is 0 Å². The van der Waals surface area contributed by atoms with Crippen LogP contribution in [-0.2, 0) is 11.3 Å². The first-order valence-electron chi connectivity index (χ1n) is 4.91. The molecule has 0 spiro atoms. The average Bonchev–Trinajstić information content (AvgIpc) is 2.74. The Kier molecular flexibility index (Phi) is 3.15. The summed E-state index contributed by atoms with van der Waals surface area (Å²) in [5, 5.41) is 3.27. The molecule has 1 unspecified atom stereocenters. The zero-order chi connectivity index (χ0) is 9.97. The number of hydrogen-bond donors (Lipinski definition) is 0. The van der Waals surface area contributed by atoms with E-state index < -0.39 is 0 Å². The van der Waals surface area contributed by atoms with E-state index in [0.29, 0.717) is 12.5 Å². The van der Waals surface area contributed by atoms with Crippen LogP contribution in [0.3, 0.4) is 0 Å². The van der Waals surface area contributed by atoms with Gasteiger partial charge in [-0.1, -0.05) is 0 Å². The predicted molar refractivity (Wildman–Crippen MR) is 57.7 cm³/mol. The van der Waals surface area contributed by atoms with Gasteiger partial charge in [0.05, 0.1) is 12.3 Å². The minimum Gasteiger partial charge on any atom is -0.378 e. The summed E-state index contributed by atoms with van der Waals surface area (Å²) < 4.78 is 5.06. The van der Waals surface area contributed by atoms with Crippen molar-refractivity contribution in [2.75, 3.05) is 27.2 Å². The number of ether oxygens (including phenoxy) is 1. The van der Waals surface area contributed by atoms with Crippen LogP contribution in [0.2, 0.25) is 0 Å². The maximum Gasteiger partial charge on any atom is 0.119 e. The minimum absolute atomic E-state index is 0.641. The molecule has 2 heterocycles. The zero-order valence-corrected chi connectivity index (χ0v) is 9.51. The van der Waals surface area contributed by atoms with E-state index in [0.717, 1.165) is 11.6 Å². The molecule has 2 rings (SSSR count). The minimum atomic E-state index is 0.641. The molecule has 4 heteroatoms. The standard InChI is InChI=1S/C10H16N2OS/c1-12-4-3-8(5-12)9-7-14-10(11-9)6-13-2/h7-8H,3-6H2,1-2H3. The molecule has 0 amide bonds. The lowest BCUT2D eigenvalue weighted by Gasteiger charge is -2.06. The van der Waals surface area contributed by atoms with Crippen molar-refractivity contribution in [1.82, 2.24) is 9.88 Å². The molecule has 0 N–H and O–H groups in total. The van der Waals surface area contributed by atoms with Crippen molar-refractivity contribution in [2.45, 2.75) is 18.9 Å². The molecular weight excluding hydrogens is 196 g/mol. The maximum absolute atomic E-state index is 5.06. The van der Waals surface area contributed by atoms with E-state index in [4.69, 9.17) is 4.74 Å². The average molecular weight is 212 g/mol. The predicted octanol–water partition coefficient (Wildman–Crippen LogP) is 1.71. The summed E-state index contributed by atoms with van der Waals surface area (Å²) in [5.74, 6) is 0.641. The summed E-state index contributed by atoms with van der Waals surface area (Å²) in [6.07, 6.45) is 1.24. The summed E-state index contributed by atoms with van der Waals surface area (Å²) in [5.41, 5.74) is 1.26. The fraction of sp³-hybridized carbons (Fsp3) is 0.700. The van der Waals surface area contributed by atoms with Gasteiger partial charge in [0.15, 0.2) is 0 Å². The van der Waals surface area contributed by atoms with Gasteiger partial charge in [0.1, 0.15) is 5.01 Å². The Hall–Kier alpha value is -0.450. The van der Waals surface area contributed by atoms with Gasteiger partial charge in [-0.25, -0.2) is 4.98 Å². The van der Waals surface area contributed by atoms with Crippen LogP contribution in [0.25, 0.3) is 0 Å². The Bertz CT molecular complexity index is 300. The first-order chi connectivity index (χ1) is 6.79. The summed E-state index contributed by atoms with van der Waals surface area (Å²) in [6.45, 7) is 2.99. The summed E-state index contributed by atoms with van der Waals surface area (Å²) in [4.78, 5) is 6.94. The Morgan fingerprint density at radius 2 is 2.57 bits per heavy atom. The third-order valence-corrected chi connectivity index (χ3v) is 3.49. The lowest BCUT2D eigenvalue weighted by Crippen LogP contribution is -2.13. The van der Waals surface area contributed by atoms with Gasteiger partial charge in [-0.3, -0.25) is 0 Å². The van der Waals surface area contributed by atoms with Crippen LogP contribution in [0.5, 0.6) is 0 Å². The zero-order valence-electron chi connectivity index (χ0n) is 8.69. The van der Waals surface area contributed by atoms with Crippen molar-refractivity contribution in [3.8, 4) is 0 Å². The molecule has 78 valence electrons. The van der Waals surface area contributed by atoms with Crippen LogP contribution in [0.15, 0.2) is 5.38 Å². The highest BCUT2D eigenvalue weighted by atomic mass is 32.1. The van der Waals surface area contributed by atoms with Crippen molar-refractivity contribution in [3.05, 3.63) is 16.1 Å². The molecule has 0 saturated carbocycles. The molecule has 1 aromatic rings. The van der Waals surface area contributed by atoms with Gasteiger partial charge in [-0.05, 0) is 20.0 Å². The number of rotatable bonds is 3. The number of methoxy groups -OCH3 is 1. The third-order valence-electron chi connectivity index (χ3n) is 2.65. The van der Waals surface area contributed by atoms with Crippen LogP contribution in [0.1, 0.15) is 23.0 Å². The van der Waals surface area contributed by atoms with Gasteiger partial charge in [0.25, 0.3) is 0 Å². The molecule has 1 fully saturated rings. The number of likely N-dealkylation sites (N-methyl/N-ethyl adjacent to an activating group) is 1. The Morgan fingerprint density at radius 1 is 1.71 bits per heavy atom. The molecule has 1 aromatic heterocycles. The first-order valence-corrected chi connectivity index (χ1v) is 5.79. The summed E-state index contributed by atoms with van der Waals surface area (Å²) in [7, 11) is 3.88. The molecule has 1 aliphatic heterocycles. The van der Waals surface area contributed by atoms with E-state index in [1.54, 1.807) is 18.4 Å². The lowest BCUT2D eigenvalue weighted by molar-refractivity contribution is 0.184. The van der Waals surface area contributed by atoms with Crippen molar-refractivity contribution in [1.29, 1.82) is 0 Å². The first kappa shape index (κ1) is 10.1. The Morgan fingerprint density at radius 3 is 3.21 bits per heavy atom. The molecule has 0 bridgehead atoms. The summed E-state index contributed by atoms with van der Waals surface area (Å²) in [6, 6.07) is 0. The van der Waals surface area contributed by atoms with Crippen molar-refractivity contribution in [2.24, 2.45) is 0 Å². The van der Waals surface area contributed by atoms with Gasteiger partial charge in [0, 0.05) is 25.0 Å². The highest BCUT2D eigenvalue weighted by Gasteiger charge is 2.23. The van der Waals surface area contributed by atoms with Crippen LogP contribution >= 0.6 is 11.3 Å². The highest BCUT2D eigenvalue weighted by molar-refractivity contribution is 7.09. The fourth-order valence-corrected chi connectivity index (χ4v) is 2.72. The second-order valence-corrected chi connectivity index (χ2v) is 4.79. The molecule has 1 atom stereocenters. The van der Waals surface area contributed by atoms with E-state index >= 15 is 0 Å². The Labute approximate surface area is 88.7 Å². The molecule has 0 radical (unpaired) electrons. The van der Waals surface area contributed by atoms with Crippen molar-refractivity contribution >= 4 is 11.3 Å². The molecule has 14 heavy (non-hydrogen) atoms. The van der Waals surface area contributed by atoms with E-state index in [2.05, 4.69) is 22.3 Å². The number of thiazole rings is 1. The largest absolute Gasteiger partial charge is 0.378 e. The smallest absolute Gasteiger partial charge is 0.119 e. The fourth-order valence-electron chi connectivity index (χ4n) is 1.88. The third kappa shape index (κ3) is 2.13.